The summed E-state index contributed by atoms with van der Waals surface area (Å²) < 4.78 is 5.48. The minimum atomic E-state index is 0.649. The van der Waals surface area contributed by atoms with E-state index in [-0.39, 0.29) is 0 Å². The largest absolute Gasteiger partial charge is 0.381 e. The van der Waals surface area contributed by atoms with Crippen LogP contribution in [0.25, 0.3) is 0 Å². The molecule has 0 rings (SSSR count). The van der Waals surface area contributed by atoms with Gasteiger partial charge in [-0.15, -0.1) is 0 Å². The highest BCUT2D eigenvalue weighted by Crippen LogP contribution is 1.96. The third-order valence-corrected chi connectivity index (χ3v) is 2.32. The van der Waals surface area contributed by atoms with Crippen LogP contribution in [0.5, 0.6) is 0 Å². The summed E-state index contributed by atoms with van der Waals surface area (Å²) in [6, 6.07) is 0.649. The standard InChI is InChI=1S/C11H25NO/c1-5-6-9-13-10-7-8-12(4)11(2)3/h11H,5-10H2,1-4H3. The molecule has 0 amide bonds. The topological polar surface area (TPSA) is 12.5 Å². The summed E-state index contributed by atoms with van der Waals surface area (Å²) in [6.45, 7) is 9.62. The molecule has 2 nitrogen and oxygen atoms in total. The molecule has 0 atom stereocenters. The molecule has 0 aliphatic heterocycles. The molecule has 0 saturated carbocycles. The maximum Gasteiger partial charge on any atom is 0.0478 e. The van der Waals surface area contributed by atoms with Crippen LogP contribution in [-0.2, 0) is 4.74 Å². The summed E-state index contributed by atoms with van der Waals surface area (Å²) in [5.74, 6) is 0. The Morgan fingerprint density at radius 1 is 1.15 bits per heavy atom. The molecule has 0 N–H and O–H groups in total. The summed E-state index contributed by atoms with van der Waals surface area (Å²) in [7, 11) is 2.16. The molecule has 0 aromatic heterocycles. The van der Waals surface area contributed by atoms with Gasteiger partial charge in [0, 0.05) is 25.8 Å². The van der Waals surface area contributed by atoms with Crippen molar-refractivity contribution in [1.29, 1.82) is 0 Å². The van der Waals surface area contributed by atoms with Gasteiger partial charge in [0.15, 0.2) is 0 Å². The number of hydrogen-bond acceptors (Lipinski definition) is 2. The second-order valence-corrected chi connectivity index (χ2v) is 3.89. The first-order valence-electron chi connectivity index (χ1n) is 5.46. The smallest absolute Gasteiger partial charge is 0.0478 e. The van der Waals surface area contributed by atoms with E-state index in [2.05, 4.69) is 32.7 Å². The lowest BCUT2D eigenvalue weighted by molar-refractivity contribution is 0.118. The molecule has 0 aromatic rings. The molecule has 80 valence electrons. The minimum Gasteiger partial charge on any atom is -0.381 e. The van der Waals surface area contributed by atoms with Gasteiger partial charge >= 0.3 is 0 Å². The van der Waals surface area contributed by atoms with Crippen LogP contribution < -0.4 is 0 Å². The SMILES string of the molecule is CCCCOCCCN(C)C(C)C. The molecule has 0 saturated heterocycles. The van der Waals surface area contributed by atoms with E-state index in [1.807, 2.05) is 0 Å². The van der Waals surface area contributed by atoms with Gasteiger partial charge in [-0.1, -0.05) is 13.3 Å². The predicted molar refractivity (Wildman–Crippen MR) is 58.1 cm³/mol. The average Bonchev–Trinajstić information content (AvgIpc) is 2.10. The van der Waals surface area contributed by atoms with Crippen molar-refractivity contribution in [3.63, 3.8) is 0 Å². The van der Waals surface area contributed by atoms with Gasteiger partial charge in [0.1, 0.15) is 0 Å². The molecule has 0 aliphatic carbocycles. The molecule has 0 aliphatic rings. The first kappa shape index (κ1) is 12.9. The van der Waals surface area contributed by atoms with Crippen LogP contribution in [0.15, 0.2) is 0 Å². The highest BCUT2D eigenvalue weighted by atomic mass is 16.5. The van der Waals surface area contributed by atoms with E-state index < -0.39 is 0 Å². The van der Waals surface area contributed by atoms with Crippen LogP contribution in [0.4, 0.5) is 0 Å². The van der Waals surface area contributed by atoms with Crippen molar-refractivity contribution in [2.45, 2.75) is 46.1 Å². The Morgan fingerprint density at radius 3 is 2.31 bits per heavy atom. The summed E-state index contributed by atoms with van der Waals surface area (Å²) >= 11 is 0. The quantitative estimate of drug-likeness (QED) is 0.541. The zero-order valence-corrected chi connectivity index (χ0v) is 9.68. The van der Waals surface area contributed by atoms with Gasteiger partial charge in [-0.3, -0.25) is 0 Å². The second kappa shape index (κ2) is 8.52. The fourth-order valence-electron chi connectivity index (χ4n) is 1.02. The summed E-state index contributed by atoms with van der Waals surface area (Å²) in [5.41, 5.74) is 0. The van der Waals surface area contributed by atoms with Crippen molar-refractivity contribution in [1.82, 2.24) is 4.90 Å². The molecule has 0 aromatic carbocycles. The van der Waals surface area contributed by atoms with Crippen LogP contribution in [-0.4, -0.2) is 37.7 Å². The van der Waals surface area contributed by atoms with Crippen LogP contribution in [0, 0.1) is 0 Å². The summed E-state index contributed by atoms with van der Waals surface area (Å²) in [6.07, 6.45) is 3.57. The molecule has 13 heavy (non-hydrogen) atoms. The molecular formula is C11H25NO. The Hall–Kier alpha value is -0.0800. The van der Waals surface area contributed by atoms with Crippen LogP contribution >= 0.6 is 0 Å². The minimum absolute atomic E-state index is 0.649. The van der Waals surface area contributed by atoms with E-state index in [1.165, 1.54) is 12.8 Å². The number of unbranched alkanes of at least 4 members (excludes halogenated alkanes) is 1. The Balaban J connectivity index is 3.07. The van der Waals surface area contributed by atoms with Crippen molar-refractivity contribution in [2.24, 2.45) is 0 Å². The van der Waals surface area contributed by atoms with Crippen LogP contribution in [0.3, 0.4) is 0 Å². The Bertz CT molecular complexity index is 104. The van der Waals surface area contributed by atoms with E-state index in [0.717, 1.165) is 26.2 Å². The number of ether oxygens (including phenoxy) is 1. The van der Waals surface area contributed by atoms with Crippen molar-refractivity contribution in [3.8, 4) is 0 Å². The molecular weight excluding hydrogens is 162 g/mol. The monoisotopic (exact) mass is 187 g/mol. The first-order valence-corrected chi connectivity index (χ1v) is 5.46. The summed E-state index contributed by atoms with van der Waals surface area (Å²) in [5, 5.41) is 0. The number of nitrogens with zero attached hydrogens (tertiary/aromatic N) is 1. The van der Waals surface area contributed by atoms with Gasteiger partial charge in [0.2, 0.25) is 0 Å². The van der Waals surface area contributed by atoms with E-state index >= 15 is 0 Å². The average molecular weight is 187 g/mol. The van der Waals surface area contributed by atoms with Crippen LogP contribution in [0.1, 0.15) is 40.0 Å². The van der Waals surface area contributed by atoms with Crippen molar-refractivity contribution >= 4 is 0 Å². The molecule has 0 unspecified atom stereocenters. The molecule has 0 spiro atoms. The fraction of sp³-hybridized carbons (Fsp3) is 1.00. The third kappa shape index (κ3) is 8.26. The lowest BCUT2D eigenvalue weighted by atomic mass is 10.3. The molecule has 0 bridgehead atoms. The van der Waals surface area contributed by atoms with E-state index in [9.17, 15) is 0 Å². The predicted octanol–water partition coefficient (Wildman–Crippen LogP) is 2.53. The molecule has 2 heteroatoms. The van der Waals surface area contributed by atoms with Gasteiger partial charge in [-0.25, -0.2) is 0 Å². The molecule has 0 fully saturated rings. The van der Waals surface area contributed by atoms with Gasteiger partial charge in [-0.2, -0.15) is 0 Å². The lowest BCUT2D eigenvalue weighted by Crippen LogP contribution is -2.27. The van der Waals surface area contributed by atoms with E-state index in [0.29, 0.717) is 6.04 Å². The molecule has 0 radical (unpaired) electrons. The fourth-order valence-corrected chi connectivity index (χ4v) is 1.02. The van der Waals surface area contributed by atoms with Gasteiger partial charge in [0.05, 0.1) is 0 Å². The third-order valence-electron chi connectivity index (χ3n) is 2.32. The highest BCUT2D eigenvalue weighted by molar-refractivity contribution is 4.55. The first-order chi connectivity index (χ1) is 6.18. The molecule has 0 heterocycles. The van der Waals surface area contributed by atoms with Gasteiger partial charge in [-0.05, 0) is 33.7 Å². The zero-order valence-electron chi connectivity index (χ0n) is 9.68. The van der Waals surface area contributed by atoms with Gasteiger partial charge in [0.25, 0.3) is 0 Å². The Morgan fingerprint density at radius 2 is 1.77 bits per heavy atom. The number of hydrogen-bond donors (Lipinski definition) is 0. The van der Waals surface area contributed by atoms with Crippen molar-refractivity contribution in [3.05, 3.63) is 0 Å². The maximum atomic E-state index is 5.48. The maximum absolute atomic E-state index is 5.48. The Kier molecular flexibility index (Phi) is 8.46. The lowest BCUT2D eigenvalue weighted by Gasteiger charge is -2.20. The summed E-state index contributed by atoms with van der Waals surface area (Å²) in [4.78, 5) is 2.35. The second-order valence-electron chi connectivity index (χ2n) is 3.89. The van der Waals surface area contributed by atoms with E-state index in [1.54, 1.807) is 0 Å². The highest BCUT2D eigenvalue weighted by Gasteiger charge is 2.01. The van der Waals surface area contributed by atoms with Crippen molar-refractivity contribution < 1.29 is 4.74 Å². The van der Waals surface area contributed by atoms with Crippen molar-refractivity contribution in [2.75, 3.05) is 26.8 Å². The number of rotatable bonds is 8. The zero-order chi connectivity index (χ0) is 10.1. The normalized spacial score (nSPS) is 11.5. The van der Waals surface area contributed by atoms with E-state index in [4.69, 9.17) is 4.74 Å². The Labute approximate surface area is 83.3 Å². The van der Waals surface area contributed by atoms with Crippen LogP contribution in [0.2, 0.25) is 0 Å². The van der Waals surface area contributed by atoms with Gasteiger partial charge < -0.3 is 9.64 Å².